The molecule has 1 aliphatic heterocycles. The van der Waals surface area contributed by atoms with E-state index < -0.39 is 35.8 Å². The van der Waals surface area contributed by atoms with Crippen molar-refractivity contribution in [3.8, 4) is 5.75 Å². The summed E-state index contributed by atoms with van der Waals surface area (Å²) in [5.41, 5.74) is 2.90. The molecule has 0 spiro atoms. The first-order valence-corrected chi connectivity index (χ1v) is 13.0. The Bertz CT molecular complexity index is 1280. The van der Waals surface area contributed by atoms with E-state index in [9.17, 15) is 14.4 Å². The molecule has 4 rings (SSSR count). The van der Waals surface area contributed by atoms with Crippen molar-refractivity contribution in [1.29, 1.82) is 0 Å². The number of carbonyl (C=O) groups is 3. The number of anilines is 1. The molecule has 3 N–H and O–H groups in total. The van der Waals surface area contributed by atoms with Gasteiger partial charge in [-0.2, -0.15) is 0 Å². The number of nitrogens with zero attached hydrogens (tertiary/aromatic N) is 1. The summed E-state index contributed by atoms with van der Waals surface area (Å²) in [5, 5.41) is 14.6. The largest absolute Gasteiger partial charge is 0.491 e. The van der Waals surface area contributed by atoms with Crippen LogP contribution in [-0.4, -0.2) is 47.1 Å². The van der Waals surface area contributed by atoms with E-state index in [0.717, 1.165) is 19.6 Å². The van der Waals surface area contributed by atoms with Crippen LogP contribution in [0.5, 0.6) is 5.75 Å². The van der Waals surface area contributed by atoms with Gasteiger partial charge < -0.3 is 20.5 Å². The van der Waals surface area contributed by atoms with Gasteiger partial charge in [0.15, 0.2) is 0 Å². The number of hydrogen-bond acceptors (Lipinski definition) is 5. The number of hydrogen-bond donors (Lipinski definition) is 3. The second-order valence-corrected chi connectivity index (χ2v) is 10.1. The smallest absolute Gasteiger partial charge is 0.325 e. The number of halogens is 1. The Morgan fingerprint density at radius 3 is 2.46 bits per heavy atom. The lowest BCUT2D eigenvalue weighted by Crippen LogP contribution is -2.50. The molecule has 0 radical (unpaired) electrons. The molecule has 9 heteroatoms. The molecule has 1 saturated heterocycles. The number of aliphatic hydroxyl groups excluding tert-OH is 1. The van der Waals surface area contributed by atoms with Crippen molar-refractivity contribution < 1.29 is 24.2 Å². The summed E-state index contributed by atoms with van der Waals surface area (Å²) in [5.74, 6) is -0.879. The normalized spacial score (nSPS) is 16.8. The van der Waals surface area contributed by atoms with E-state index in [1.165, 1.54) is 0 Å². The number of benzene rings is 3. The number of aryl methyl sites for hydroxylation is 1. The van der Waals surface area contributed by atoms with Crippen molar-refractivity contribution in [2.75, 3.05) is 18.5 Å². The third-order valence-corrected chi connectivity index (χ3v) is 7.01. The van der Waals surface area contributed by atoms with Crippen molar-refractivity contribution in [3.05, 3.63) is 93.1 Å². The monoisotopic (exact) mass is 613 g/mol. The molecular weight excluding hydrogens is 585 g/mol. The summed E-state index contributed by atoms with van der Waals surface area (Å²) in [4.78, 5) is 41.5. The van der Waals surface area contributed by atoms with E-state index in [0.29, 0.717) is 17.0 Å². The molecule has 0 aromatic heterocycles. The van der Waals surface area contributed by atoms with Gasteiger partial charge in [0.2, 0.25) is 5.91 Å². The van der Waals surface area contributed by atoms with Gasteiger partial charge in [0.25, 0.3) is 5.91 Å². The molecule has 3 atom stereocenters. The van der Waals surface area contributed by atoms with E-state index in [1.54, 1.807) is 24.3 Å². The van der Waals surface area contributed by atoms with Crippen LogP contribution in [0.4, 0.5) is 10.5 Å². The van der Waals surface area contributed by atoms with Crippen LogP contribution in [0.3, 0.4) is 0 Å². The van der Waals surface area contributed by atoms with Gasteiger partial charge in [-0.15, -0.1) is 0 Å². The molecule has 0 bridgehead atoms. The minimum atomic E-state index is -1.08. The first kappa shape index (κ1) is 26.6. The predicted molar refractivity (Wildman–Crippen MR) is 148 cm³/mol. The Balaban J connectivity index is 1.64. The Morgan fingerprint density at radius 2 is 1.81 bits per heavy atom. The molecule has 3 aromatic carbocycles. The Labute approximate surface area is 229 Å². The van der Waals surface area contributed by atoms with E-state index in [4.69, 9.17) is 9.84 Å². The molecule has 37 heavy (non-hydrogen) atoms. The zero-order valence-corrected chi connectivity index (χ0v) is 22.6. The highest BCUT2D eigenvalue weighted by molar-refractivity contribution is 14.1. The Kier molecular flexibility index (Phi) is 8.45. The SMILES string of the molecule is Cc1cc(I)ccc1NC(=O)C([C@@H](C)c1ccccc1)N1C(=O)N[C@H](c2ccc(OCCO)cc2)C1=O. The fourth-order valence-corrected chi connectivity index (χ4v) is 5.03. The van der Waals surface area contributed by atoms with Gasteiger partial charge in [-0.25, -0.2) is 9.69 Å². The summed E-state index contributed by atoms with van der Waals surface area (Å²) in [6.07, 6.45) is 0. The molecule has 0 aliphatic carbocycles. The molecule has 1 heterocycles. The molecule has 1 aliphatic rings. The Morgan fingerprint density at radius 1 is 1.11 bits per heavy atom. The lowest BCUT2D eigenvalue weighted by atomic mass is 9.91. The van der Waals surface area contributed by atoms with Crippen LogP contribution in [0.15, 0.2) is 72.8 Å². The van der Waals surface area contributed by atoms with Crippen LogP contribution in [0.25, 0.3) is 0 Å². The van der Waals surface area contributed by atoms with Crippen LogP contribution >= 0.6 is 22.6 Å². The maximum atomic E-state index is 13.7. The second-order valence-electron chi connectivity index (χ2n) is 8.82. The summed E-state index contributed by atoms with van der Waals surface area (Å²) >= 11 is 2.20. The molecule has 1 fully saturated rings. The van der Waals surface area contributed by atoms with Crippen LogP contribution in [0.1, 0.15) is 35.6 Å². The zero-order valence-electron chi connectivity index (χ0n) is 20.5. The number of carbonyl (C=O) groups excluding carboxylic acids is 3. The first-order valence-electron chi connectivity index (χ1n) is 11.9. The van der Waals surface area contributed by atoms with Gasteiger partial charge >= 0.3 is 6.03 Å². The van der Waals surface area contributed by atoms with Gasteiger partial charge in [0, 0.05) is 15.2 Å². The Hall–Kier alpha value is -3.44. The molecule has 8 nitrogen and oxygen atoms in total. The average Bonchev–Trinajstić information content (AvgIpc) is 3.19. The summed E-state index contributed by atoms with van der Waals surface area (Å²) < 4.78 is 6.41. The molecule has 0 saturated carbocycles. The van der Waals surface area contributed by atoms with Crippen molar-refractivity contribution in [2.24, 2.45) is 0 Å². The van der Waals surface area contributed by atoms with E-state index in [-0.39, 0.29) is 13.2 Å². The van der Waals surface area contributed by atoms with Crippen LogP contribution in [0.2, 0.25) is 0 Å². The minimum absolute atomic E-state index is 0.112. The summed E-state index contributed by atoms with van der Waals surface area (Å²) in [6.45, 7) is 3.77. The fraction of sp³-hybridized carbons (Fsp3) is 0.250. The lowest BCUT2D eigenvalue weighted by molar-refractivity contribution is -0.134. The maximum Gasteiger partial charge on any atom is 0.325 e. The third kappa shape index (κ3) is 5.94. The average molecular weight is 613 g/mol. The fourth-order valence-electron chi connectivity index (χ4n) is 4.38. The second kappa shape index (κ2) is 11.7. The van der Waals surface area contributed by atoms with Gasteiger partial charge in [0.05, 0.1) is 6.61 Å². The van der Waals surface area contributed by atoms with E-state index >= 15 is 0 Å². The van der Waals surface area contributed by atoms with Crippen molar-refractivity contribution in [1.82, 2.24) is 10.2 Å². The van der Waals surface area contributed by atoms with E-state index in [1.807, 2.05) is 62.4 Å². The number of nitrogens with one attached hydrogen (secondary N) is 2. The molecule has 3 aromatic rings. The molecule has 192 valence electrons. The minimum Gasteiger partial charge on any atom is -0.491 e. The molecule has 4 amide bonds. The highest BCUT2D eigenvalue weighted by Gasteiger charge is 2.47. The molecular formula is C28H28IN3O5. The topological polar surface area (TPSA) is 108 Å². The van der Waals surface area contributed by atoms with Crippen LogP contribution in [0, 0.1) is 10.5 Å². The number of aliphatic hydroxyl groups is 1. The van der Waals surface area contributed by atoms with Crippen molar-refractivity contribution in [3.63, 3.8) is 0 Å². The zero-order chi connectivity index (χ0) is 26.5. The van der Waals surface area contributed by atoms with Gasteiger partial charge in [-0.3, -0.25) is 9.59 Å². The van der Waals surface area contributed by atoms with E-state index in [2.05, 4.69) is 33.2 Å². The van der Waals surface area contributed by atoms with Crippen LogP contribution < -0.4 is 15.4 Å². The van der Waals surface area contributed by atoms with Gasteiger partial charge in [-0.1, -0.05) is 49.4 Å². The third-order valence-electron chi connectivity index (χ3n) is 6.34. The number of ether oxygens (including phenoxy) is 1. The maximum absolute atomic E-state index is 13.7. The lowest BCUT2D eigenvalue weighted by Gasteiger charge is -2.30. The predicted octanol–water partition coefficient (Wildman–Crippen LogP) is 4.37. The number of imide groups is 1. The quantitative estimate of drug-likeness (QED) is 0.246. The van der Waals surface area contributed by atoms with Crippen molar-refractivity contribution in [2.45, 2.75) is 31.8 Å². The highest BCUT2D eigenvalue weighted by Crippen LogP contribution is 2.32. The van der Waals surface area contributed by atoms with Gasteiger partial charge in [-0.05, 0) is 76.5 Å². The first-order chi connectivity index (χ1) is 17.8. The van der Waals surface area contributed by atoms with Crippen molar-refractivity contribution >= 4 is 46.1 Å². The standard InChI is InChI=1S/C28H28IN3O5/c1-17-16-21(29)10-13-23(17)30-26(34)25(18(2)19-6-4-3-5-7-19)32-27(35)24(31-28(32)36)20-8-11-22(12-9-20)37-15-14-33/h3-13,16,18,24-25,33H,14-15H2,1-2H3,(H,30,34)(H,31,36)/t18-,24+,25?/m0/s1. The number of rotatable bonds is 9. The molecule has 1 unspecified atom stereocenters. The van der Waals surface area contributed by atoms with Crippen LogP contribution in [-0.2, 0) is 9.59 Å². The summed E-state index contributed by atoms with van der Waals surface area (Å²) in [6, 6.07) is 19.1. The van der Waals surface area contributed by atoms with Gasteiger partial charge in [0.1, 0.15) is 24.4 Å². The summed E-state index contributed by atoms with van der Waals surface area (Å²) in [7, 11) is 0. The number of amides is 4. The highest BCUT2D eigenvalue weighted by atomic mass is 127. The number of urea groups is 1.